The van der Waals surface area contributed by atoms with Crippen LogP contribution in [0, 0.1) is 12.8 Å². The number of carbonyl (C=O) groups excluding carboxylic acids is 2. The maximum absolute atomic E-state index is 13.9. The third-order valence-corrected chi connectivity index (χ3v) is 7.88. The Labute approximate surface area is 241 Å². The van der Waals surface area contributed by atoms with E-state index in [0.717, 1.165) is 17.8 Å². The van der Waals surface area contributed by atoms with Gasteiger partial charge in [0.15, 0.2) is 22.1 Å². The highest BCUT2D eigenvalue weighted by atomic mass is 32.1. The lowest BCUT2D eigenvalue weighted by atomic mass is 9.98. The van der Waals surface area contributed by atoms with Gasteiger partial charge in [-0.1, -0.05) is 56.0 Å². The summed E-state index contributed by atoms with van der Waals surface area (Å²) in [7, 11) is 1.53. The lowest BCUT2D eigenvalue weighted by molar-refractivity contribution is 0.0554. The number of methoxy groups -OCH3 is 1. The fraction of sp³-hybridized carbons (Fsp3) is 0.290. The van der Waals surface area contributed by atoms with Crippen LogP contribution in [0.2, 0.25) is 0 Å². The first-order valence-corrected chi connectivity index (χ1v) is 14.0. The number of carbonyl (C=O) groups is 2. The number of nitrogens with zero attached hydrogens (tertiary/aromatic N) is 2. The number of aryl methyl sites for hydroxylation is 1. The van der Waals surface area contributed by atoms with Crippen LogP contribution < -0.4 is 19.8 Å². The summed E-state index contributed by atoms with van der Waals surface area (Å²) in [6, 6.07) is 11.2. The molecular weight excluding hydrogens is 544 g/mol. The summed E-state index contributed by atoms with van der Waals surface area (Å²) in [5.74, 6) is 0.306. The molecule has 0 spiro atoms. The van der Waals surface area contributed by atoms with Crippen molar-refractivity contribution in [1.82, 2.24) is 4.98 Å². The van der Waals surface area contributed by atoms with Gasteiger partial charge in [-0.3, -0.25) is 14.5 Å². The first kappa shape index (κ1) is 28.1. The van der Waals surface area contributed by atoms with Crippen molar-refractivity contribution >= 4 is 39.3 Å². The van der Waals surface area contributed by atoms with Gasteiger partial charge in [0.2, 0.25) is 5.76 Å². The molecule has 10 heteroatoms. The monoisotopic (exact) mass is 574 g/mol. The van der Waals surface area contributed by atoms with Crippen LogP contribution in [0.15, 0.2) is 64.3 Å². The highest BCUT2D eigenvalue weighted by Gasteiger charge is 2.45. The molecule has 5 rings (SSSR count). The van der Waals surface area contributed by atoms with E-state index in [1.54, 1.807) is 49.4 Å². The number of para-hydroxylation sites is 1. The maximum Gasteiger partial charge on any atom is 0.350 e. The van der Waals surface area contributed by atoms with Gasteiger partial charge >= 0.3 is 5.97 Å². The molecule has 4 aromatic rings. The molecule has 1 amide bonds. The van der Waals surface area contributed by atoms with Gasteiger partial charge in [-0.05, 0) is 49.1 Å². The Kier molecular flexibility index (Phi) is 7.94. The lowest BCUT2D eigenvalue weighted by Crippen LogP contribution is -2.29. The first-order chi connectivity index (χ1) is 19.7. The predicted octanol–water partition coefficient (Wildman–Crippen LogP) is 6.08. The van der Waals surface area contributed by atoms with Gasteiger partial charge in [0.05, 0.1) is 36.4 Å². The van der Waals surface area contributed by atoms with Crippen molar-refractivity contribution in [3.05, 3.63) is 92.8 Å². The van der Waals surface area contributed by atoms with Gasteiger partial charge in [-0.25, -0.2) is 9.78 Å². The predicted molar refractivity (Wildman–Crippen MR) is 156 cm³/mol. The second-order valence-electron chi connectivity index (χ2n) is 9.99. The number of esters is 1. The van der Waals surface area contributed by atoms with E-state index in [9.17, 15) is 14.4 Å². The molecule has 0 fully saturated rings. The molecular formula is C31H30N2O7S. The summed E-state index contributed by atoms with van der Waals surface area (Å²) in [6.45, 7) is 10.0. The molecule has 212 valence electrons. The van der Waals surface area contributed by atoms with Crippen LogP contribution in [0.4, 0.5) is 5.13 Å². The van der Waals surface area contributed by atoms with E-state index in [-0.39, 0.29) is 33.4 Å². The van der Waals surface area contributed by atoms with Crippen LogP contribution in [0.1, 0.15) is 63.4 Å². The fourth-order valence-electron chi connectivity index (χ4n) is 4.69. The van der Waals surface area contributed by atoms with Crippen molar-refractivity contribution in [2.75, 3.05) is 25.2 Å². The summed E-state index contributed by atoms with van der Waals surface area (Å²) in [5, 5.41) is 0.588. The van der Waals surface area contributed by atoms with Crippen molar-refractivity contribution in [2.45, 2.75) is 33.2 Å². The van der Waals surface area contributed by atoms with Gasteiger partial charge in [-0.15, -0.1) is 0 Å². The van der Waals surface area contributed by atoms with Crippen LogP contribution in [0.5, 0.6) is 11.5 Å². The minimum atomic E-state index is -0.889. The second-order valence-corrected chi connectivity index (χ2v) is 11.0. The molecule has 0 saturated carbocycles. The van der Waals surface area contributed by atoms with Crippen LogP contribution in [-0.2, 0) is 4.74 Å². The summed E-state index contributed by atoms with van der Waals surface area (Å²) >= 11 is 1.01. The van der Waals surface area contributed by atoms with E-state index in [4.69, 9.17) is 18.6 Å². The molecule has 2 aromatic heterocycles. The first-order valence-electron chi connectivity index (χ1n) is 13.2. The molecule has 1 aliphatic rings. The minimum absolute atomic E-state index is 0.0403. The van der Waals surface area contributed by atoms with E-state index in [1.807, 2.05) is 0 Å². The van der Waals surface area contributed by atoms with Crippen molar-refractivity contribution in [1.29, 1.82) is 0 Å². The number of hydrogen-bond acceptors (Lipinski definition) is 9. The molecule has 3 heterocycles. The van der Waals surface area contributed by atoms with Gasteiger partial charge in [0.25, 0.3) is 5.91 Å². The average Bonchev–Trinajstić information content (AvgIpc) is 3.48. The summed E-state index contributed by atoms with van der Waals surface area (Å²) in [4.78, 5) is 46.6. The highest BCUT2D eigenvalue weighted by molar-refractivity contribution is 7.17. The van der Waals surface area contributed by atoms with Crippen LogP contribution >= 0.6 is 11.3 Å². The molecule has 0 radical (unpaired) electrons. The third kappa shape index (κ3) is 5.22. The number of thiazole rings is 1. The maximum atomic E-state index is 13.9. The molecule has 1 aliphatic heterocycles. The second kappa shape index (κ2) is 11.6. The molecule has 0 saturated heterocycles. The Morgan fingerprint density at radius 2 is 1.98 bits per heavy atom. The van der Waals surface area contributed by atoms with E-state index in [0.29, 0.717) is 46.3 Å². The molecule has 2 aromatic carbocycles. The van der Waals surface area contributed by atoms with Gasteiger partial charge in [0, 0.05) is 0 Å². The highest BCUT2D eigenvalue weighted by Crippen LogP contribution is 2.44. The molecule has 0 bridgehead atoms. The normalized spacial score (nSPS) is 14.4. The van der Waals surface area contributed by atoms with Crippen molar-refractivity contribution in [2.24, 2.45) is 5.92 Å². The Morgan fingerprint density at radius 1 is 1.20 bits per heavy atom. The zero-order valence-corrected chi connectivity index (χ0v) is 24.1. The number of ether oxygens (including phenoxy) is 3. The van der Waals surface area contributed by atoms with Gasteiger partial charge in [0.1, 0.15) is 17.1 Å². The Morgan fingerprint density at radius 3 is 2.71 bits per heavy atom. The zero-order chi connectivity index (χ0) is 29.3. The lowest BCUT2D eigenvalue weighted by Gasteiger charge is -2.23. The molecule has 9 nitrogen and oxygen atoms in total. The Balaban J connectivity index is 1.65. The molecule has 0 aliphatic carbocycles. The number of hydrogen-bond donors (Lipinski definition) is 0. The molecule has 0 N–H and O–H groups in total. The standard InChI is InChI=1S/C31H30N2O7S/c1-6-14-39-30(36)28-18(4)32-31(41-28)33-25(19-11-12-22(23(16-19)37-5)38-15-13-17(2)3)24-26(34)20-9-7-8-10-21(20)40-27(24)29(33)35/h6-12,16-17,25H,1,13-15H2,2-5H3. The number of anilines is 1. The SMILES string of the molecule is C=CCOC(=O)c1sc(N2C(=O)c3oc4ccccc4c(=O)c3C2c2ccc(OCCC(C)C)c(OC)c2)nc1C. The Hall–Kier alpha value is -4.44. The fourth-order valence-corrected chi connectivity index (χ4v) is 5.67. The third-order valence-electron chi connectivity index (χ3n) is 6.74. The molecule has 1 atom stereocenters. The Bertz CT molecular complexity index is 1700. The largest absolute Gasteiger partial charge is 0.493 e. The van der Waals surface area contributed by atoms with E-state index < -0.39 is 17.9 Å². The van der Waals surface area contributed by atoms with E-state index in [1.165, 1.54) is 18.1 Å². The summed E-state index contributed by atoms with van der Waals surface area (Å²) in [6.07, 6.45) is 2.34. The van der Waals surface area contributed by atoms with E-state index >= 15 is 0 Å². The van der Waals surface area contributed by atoms with Crippen molar-refractivity contribution in [3.63, 3.8) is 0 Å². The van der Waals surface area contributed by atoms with E-state index in [2.05, 4.69) is 25.4 Å². The topological polar surface area (TPSA) is 108 Å². The smallest absolute Gasteiger partial charge is 0.350 e. The summed E-state index contributed by atoms with van der Waals surface area (Å²) < 4.78 is 22.8. The van der Waals surface area contributed by atoms with Crippen molar-refractivity contribution in [3.8, 4) is 11.5 Å². The van der Waals surface area contributed by atoms with Crippen LogP contribution in [0.3, 0.4) is 0 Å². The number of fused-ring (bicyclic) bond motifs is 2. The number of benzene rings is 2. The average molecular weight is 575 g/mol. The molecule has 41 heavy (non-hydrogen) atoms. The van der Waals surface area contributed by atoms with Gasteiger partial charge < -0.3 is 18.6 Å². The quantitative estimate of drug-likeness (QED) is 0.166. The zero-order valence-electron chi connectivity index (χ0n) is 23.3. The summed E-state index contributed by atoms with van der Waals surface area (Å²) in [5.41, 5.74) is 1.17. The number of aromatic nitrogens is 1. The molecule has 1 unspecified atom stereocenters. The van der Waals surface area contributed by atoms with Crippen LogP contribution in [0.25, 0.3) is 11.0 Å². The van der Waals surface area contributed by atoms with Crippen LogP contribution in [-0.4, -0.2) is 37.2 Å². The van der Waals surface area contributed by atoms with Gasteiger partial charge in [-0.2, -0.15) is 0 Å². The number of rotatable bonds is 10. The van der Waals surface area contributed by atoms with Crippen molar-refractivity contribution < 1.29 is 28.2 Å². The number of amides is 1. The minimum Gasteiger partial charge on any atom is -0.493 e.